The highest BCUT2D eigenvalue weighted by Crippen LogP contribution is 2.24. The maximum atomic E-state index is 12.3. The SMILES string of the molecule is O=C(O)Cn1nccc1C(=O)Nc1ncn(Cc2c(Cl)cccc2Cl)n1. The van der Waals surface area contributed by atoms with Crippen molar-refractivity contribution >= 4 is 41.0 Å². The summed E-state index contributed by atoms with van der Waals surface area (Å²) in [6.07, 6.45) is 2.76. The van der Waals surface area contributed by atoms with E-state index in [2.05, 4.69) is 20.5 Å². The van der Waals surface area contributed by atoms with Crippen molar-refractivity contribution in [1.29, 1.82) is 0 Å². The molecule has 1 aromatic carbocycles. The van der Waals surface area contributed by atoms with Crippen LogP contribution < -0.4 is 5.32 Å². The van der Waals surface area contributed by atoms with Gasteiger partial charge in [0.1, 0.15) is 18.6 Å². The normalized spacial score (nSPS) is 10.7. The second kappa shape index (κ2) is 7.54. The lowest BCUT2D eigenvalue weighted by Gasteiger charge is -2.06. The lowest BCUT2D eigenvalue weighted by Crippen LogP contribution is -2.21. The molecule has 134 valence electrons. The van der Waals surface area contributed by atoms with Gasteiger partial charge >= 0.3 is 5.97 Å². The van der Waals surface area contributed by atoms with Crippen LogP contribution in [0.5, 0.6) is 0 Å². The smallest absolute Gasteiger partial charge is 0.325 e. The summed E-state index contributed by atoms with van der Waals surface area (Å²) in [6, 6.07) is 6.57. The fraction of sp³-hybridized carbons (Fsp3) is 0.133. The number of hydrogen-bond acceptors (Lipinski definition) is 5. The van der Waals surface area contributed by atoms with Crippen molar-refractivity contribution in [3.8, 4) is 0 Å². The molecule has 0 aliphatic rings. The van der Waals surface area contributed by atoms with E-state index in [9.17, 15) is 9.59 Å². The fourth-order valence-corrected chi connectivity index (χ4v) is 2.74. The Balaban J connectivity index is 1.72. The average Bonchev–Trinajstić information content (AvgIpc) is 3.20. The largest absolute Gasteiger partial charge is 0.480 e. The maximum absolute atomic E-state index is 12.3. The van der Waals surface area contributed by atoms with Crippen LogP contribution in [0.3, 0.4) is 0 Å². The zero-order valence-corrected chi connectivity index (χ0v) is 14.6. The van der Waals surface area contributed by atoms with Gasteiger partial charge in [0.15, 0.2) is 0 Å². The highest BCUT2D eigenvalue weighted by atomic mass is 35.5. The van der Waals surface area contributed by atoms with Crippen LogP contribution in [0.4, 0.5) is 5.95 Å². The van der Waals surface area contributed by atoms with Crippen LogP contribution in [0.1, 0.15) is 16.1 Å². The quantitative estimate of drug-likeness (QED) is 0.661. The number of hydrogen-bond donors (Lipinski definition) is 2. The van der Waals surface area contributed by atoms with Crippen molar-refractivity contribution < 1.29 is 14.7 Å². The Morgan fingerprint density at radius 1 is 1.19 bits per heavy atom. The number of aliphatic carboxylic acids is 1. The molecule has 0 atom stereocenters. The van der Waals surface area contributed by atoms with E-state index in [0.717, 1.165) is 4.68 Å². The number of anilines is 1. The van der Waals surface area contributed by atoms with Crippen molar-refractivity contribution in [3.05, 3.63) is 58.1 Å². The predicted molar refractivity (Wildman–Crippen MR) is 93.4 cm³/mol. The van der Waals surface area contributed by atoms with Gasteiger partial charge in [0.25, 0.3) is 5.91 Å². The number of carbonyl (C=O) groups excluding carboxylic acids is 1. The first-order chi connectivity index (χ1) is 12.4. The maximum Gasteiger partial charge on any atom is 0.325 e. The number of halogens is 2. The molecule has 0 bridgehead atoms. The van der Waals surface area contributed by atoms with Crippen LogP contribution in [0, 0.1) is 0 Å². The number of nitrogens with zero attached hydrogens (tertiary/aromatic N) is 5. The predicted octanol–water partition coefficient (Wildman–Crippen LogP) is 2.17. The summed E-state index contributed by atoms with van der Waals surface area (Å²) < 4.78 is 2.54. The molecule has 26 heavy (non-hydrogen) atoms. The van der Waals surface area contributed by atoms with Crippen molar-refractivity contribution in [2.24, 2.45) is 0 Å². The van der Waals surface area contributed by atoms with E-state index >= 15 is 0 Å². The van der Waals surface area contributed by atoms with Gasteiger partial charge in [0, 0.05) is 21.8 Å². The van der Waals surface area contributed by atoms with Crippen LogP contribution in [-0.2, 0) is 17.9 Å². The number of rotatable bonds is 6. The minimum absolute atomic E-state index is 0.0567. The van der Waals surface area contributed by atoms with Crippen molar-refractivity contribution in [2.75, 3.05) is 5.32 Å². The first kappa shape index (κ1) is 17.9. The zero-order valence-electron chi connectivity index (χ0n) is 13.1. The van der Waals surface area contributed by atoms with Gasteiger partial charge in [-0.05, 0) is 18.2 Å². The highest BCUT2D eigenvalue weighted by molar-refractivity contribution is 6.35. The molecule has 3 rings (SSSR count). The number of carbonyl (C=O) groups is 2. The van der Waals surface area contributed by atoms with E-state index < -0.39 is 18.4 Å². The van der Waals surface area contributed by atoms with Crippen LogP contribution in [0.15, 0.2) is 36.8 Å². The Morgan fingerprint density at radius 2 is 1.92 bits per heavy atom. The molecule has 3 aromatic rings. The summed E-state index contributed by atoms with van der Waals surface area (Å²) >= 11 is 12.2. The molecule has 11 heteroatoms. The van der Waals surface area contributed by atoms with Gasteiger partial charge in [0.2, 0.25) is 5.95 Å². The number of benzene rings is 1. The highest BCUT2D eigenvalue weighted by Gasteiger charge is 2.16. The Kier molecular flexibility index (Phi) is 5.19. The van der Waals surface area contributed by atoms with Gasteiger partial charge in [-0.3, -0.25) is 14.9 Å². The second-order valence-corrected chi connectivity index (χ2v) is 6.00. The lowest BCUT2D eigenvalue weighted by atomic mass is 10.2. The van der Waals surface area contributed by atoms with Crippen LogP contribution in [-0.4, -0.2) is 41.5 Å². The van der Waals surface area contributed by atoms with Crippen LogP contribution in [0.2, 0.25) is 10.0 Å². The van der Waals surface area contributed by atoms with E-state index in [1.54, 1.807) is 18.2 Å². The Hall–Kier alpha value is -2.91. The summed E-state index contributed by atoms with van der Waals surface area (Å²) in [5.74, 6) is -1.62. The third-order valence-electron chi connectivity index (χ3n) is 3.38. The van der Waals surface area contributed by atoms with E-state index in [-0.39, 0.29) is 18.2 Å². The topological polar surface area (TPSA) is 115 Å². The minimum Gasteiger partial charge on any atom is -0.480 e. The summed E-state index contributed by atoms with van der Waals surface area (Å²) in [6.45, 7) is -0.152. The third kappa shape index (κ3) is 4.01. The van der Waals surface area contributed by atoms with E-state index in [4.69, 9.17) is 28.3 Å². The van der Waals surface area contributed by atoms with Gasteiger partial charge in [-0.25, -0.2) is 14.3 Å². The molecule has 2 N–H and O–H groups in total. The first-order valence-corrected chi connectivity index (χ1v) is 8.07. The van der Waals surface area contributed by atoms with E-state index in [0.29, 0.717) is 15.6 Å². The molecule has 0 radical (unpaired) electrons. The molecule has 0 unspecified atom stereocenters. The number of aromatic nitrogens is 5. The Labute approximate surface area is 157 Å². The van der Waals surface area contributed by atoms with Crippen LogP contribution >= 0.6 is 23.2 Å². The molecule has 0 spiro atoms. The molecular formula is C15H12Cl2N6O3. The van der Waals surface area contributed by atoms with E-state index in [1.807, 2.05) is 0 Å². The van der Waals surface area contributed by atoms with Gasteiger partial charge in [-0.2, -0.15) is 5.10 Å². The standard InChI is InChI=1S/C15H12Cl2N6O3/c16-10-2-1-3-11(17)9(10)6-22-8-18-15(21-22)20-14(26)12-4-5-19-23(12)7-13(24)25/h1-5,8H,6-7H2,(H,24,25)(H,20,21,26). The molecule has 9 nitrogen and oxygen atoms in total. The summed E-state index contributed by atoms with van der Waals surface area (Å²) in [4.78, 5) is 27.0. The van der Waals surface area contributed by atoms with E-state index in [1.165, 1.54) is 23.3 Å². The van der Waals surface area contributed by atoms with Crippen molar-refractivity contribution in [2.45, 2.75) is 13.1 Å². The molecule has 0 fully saturated rings. The van der Waals surface area contributed by atoms with Gasteiger partial charge in [-0.15, -0.1) is 5.10 Å². The number of amides is 1. The second-order valence-electron chi connectivity index (χ2n) is 5.19. The number of carboxylic acids is 1. The molecule has 0 saturated carbocycles. The molecule has 0 saturated heterocycles. The van der Waals surface area contributed by atoms with Crippen LogP contribution in [0.25, 0.3) is 0 Å². The minimum atomic E-state index is -1.11. The lowest BCUT2D eigenvalue weighted by molar-refractivity contribution is -0.137. The monoisotopic (exact) mass is 394 g/mol. The number of carboxylic acid groups (broad SMARTS) is 1. The molecule has 1 amide bonds. The zero-order chi connectivity index (χ0) is 18.7. The first-order valence-electron chi connectivity index (χ1n) is 7.31. The van der Waals surface area contributed by atoms with Gasteiger partial charge in [-0.1, -0.05) is 29.3 Å². The summed E-state index contributed by atoms with van der Waals surface area (Å²) in [7, 11) is 0. The summed E-state index contributed by atoms with van der Waals surface area (Å²) in [5.41, 5.74) is 0.760. The van der Waals surface area contributed by atoms with Gasteiger partial charge < -0.3 is 5.11 Å². The Morgan fingerprint density at radius 3 is 2.62 bits per heavy atom. The molecule has 0 aliphatic heterocycles. The van der Waals surface area contributed by atoms with Crippen molar-refractivity contribution in [1.82, 2.24) is 24.5 Å². The van der Waals surface area contributed by atoms with Crippen molar-refractivity contribution in [3.63, 3.8) is 0 Å². The average molecular weight is 395 g/mol. The molecule has 2 heterocycles. The van der Waals surface area contributed by atoms with Gasteiger partial charge in [0.05, 0.1) is 6.54 Å². The fourth-order valence-electron chi connectivity index (χ4n) is 2.22. The Bertz CT molecular complexity index is 948. The molecular weight excluding hydrogens is 383 g/mol. The number of nitrogens with one attached hydrogen (secondary N) is 1. The molecule has 2 aromatic heterocycles. The third-order valence-corrected chi connectivity index (χ3v) is 4.09. The summed E-state index contributed by atoms with van der Waals surface area (Å²) in [5, 5.41) is 20.2. The molecule has 0 aliphatic carbocycles.